The minimum atomic E-state index is -1.11. The van der Waals surface area contributed by atoms with E-state index in [4.69, 9.17) is 15.3 Å². The summed E-state index contributed by atoms with van der Waals surface area (Å²) in [5.74, 6) is -1.57. The van der Waals surface area contributed by atoms with E-state index >= 15 is 0 Å². The monoisotopic (exact) mass is 217 g/mol. The van der Waals surface area contributed by atoms with Gasteiger partial charge in [0.1, 0.15) is 6.04 Å². The maximum atomic E-state index is 11.4. The summed E-state index contributed by atoms with van der Waals surface area (Å²) in [4.78, 5) is 23.5. The van der Waals surface area contributed by atoms with Gasteiger partial charge in [0.15, 0.2) is 0 Å². The average molecular weight is 217 g/mol. The number of carboxylic acid groups (broad SMARTS) is 1. The molecule has 0 spiro atoms. The number of likely N-dealkylation sites (tertiary alicyclic amines) is 1. The third-order valence-electron chi connectivity index (χ3n) is 2.56. The Balaban J connectivity index is 2.68. The van der Waals surface area contributed by atoms with Gasteiger partial charge in [-0.3, -0.25) is 4.79 Å². The Kier molecular flexibility index (Phi) is 4.05. The molecule has 2 atom stereocenters. The normalized spacial score (nSPS) is 23.2. The van der Waals surface area contributed by atoms with Crippen LogP contribution in [0.4, 0.5) is 0 Å². The van der Waals surface area contributed by atoms with Crippen LogP contribution >= 0.6 is 0 Å². The number of aliphatic carboxylic acids is 1. The van der Waals surface area contributed by atoms with Crippen LogP contribution in [-0.2, 0) is 9.59 Å². The first-order chi connectivity index (χ1) is 7.10. The molecule has 1 saturated heterocycles. The van der Waals surface area contributed by atoms with E-state index in [9.17, 15) is 9.59 Å². The van der Waals surface area contributed by atoms with Gasteiger partial charge in [0.05, 0.1) is 0 Å². The maximum Gasteiger partial charge on any atom is 0.326 e. The highest BCUT2D eigenvalue weighted by atomic mass is 16.4. The fourth-order valence-electron chi connectivity index (χ4n) is 1.77. The van der Waals surface area contributed by atoms with Crippen LogP contribution in [0.5, 0.6) is 0 Å². The lowest BCUT2D eigenvalue weighted by Gasteiger charge is -2.23. The Morgan fingerprint density at radius 1 is 1.53 bits per heavy atom. The lowest BCUT2D eigenvalue weighted by molar-refractivity contribution is -0.149. The van der Waals surface area contributed by atoms with Crippen LogP contribution in [0.3, 0.4) is 0 Å². The van der Waals surface area contributed by atoms with Gasteiger partial charge in [-0.15, -0.1) is 0 Å². The summed E-state index contributed by atoms with van der Waals surface area (Å²) in [6, 6.07) is -0.973. The lowest BCUT2D eigenvalue weighted by Crippen LogP contribution is -2.42. The number of rotatable bonds is 5. The Labute approximate surface area is 87.1 Å². The summed E-state index contributed by atoms with van der Waals surface area (Å²) in [7, 11) is 0. The molecule has 15 heavy (non-hydrogen) atoms. The van der Waals surface area contributed by atoms with Gasteiger partial charge in [0.2, 0.25) is 5.91 Å². The summed E-state index contributed by atoms with van der Waals surface area (Å²) in [6.07, 6.45) is 0.213. The molecule has 1 amide bonds. The Morgan fingerprint density at radius 2 is 2.20 bits per heavy atom. The second-order valence-electron chi connectivity index (χ2n) is 3.67. The first-order valence-corrected chi connectivity index (χ1v) is 4.84. The molecule has 0 saturated carbocycles. The van der Waals surface area contributed by atoms with Gasteiger partial charge in [0, 0.05) is 38.5 Å². The molecular weight excluding hydrogens is 202 g/mol. The van der Waals surface area contributed by atoms with E-state index < -0.39 is 12.0 Å². The summed E-state index contributed by atoms with van der Waals surface area (Å²) < 4.78 is 0. The molecule has 0 radical (unpaired) electrons. The van der Waals surface area contributed by atoms with Crippen molar-refractivity contribution in [1.29, 1.82) is 0 Å². The van der Waals surface area contributed by atoms with Crippen LogP contribution in [0.1, 0.15) is 12.8 Å². The number of carbonyl (C=O) groups excluding carboxylic acids is 1. The van der Waals surface area contributed by atoms with Gasteiger partial charge in [-0.1, -0.05) is 0 Å². The minimum absolute atomic E-state index is 0.0270. The molecular formula is C9H15NO5. The molecule has 0 aromatic carbocycles. The Bertz CT molecular complexity index is 255. The van der Waals surface area contributed by atoms with Crippen molar-refractivity contribution >= 4 is 11.9 Å². The molecule has 6 heteroatoms. The third kappa shape index (κ3) is 2.66. The van der Waals surface area contributed by atoms with E-state index in [-0.39, 0.29) is 44.4 Å². The predicted octanol–water partition coefficient (Wildman–Crippen LogP) is -1.34. The molecule has 6 nitrogen and oxygen atoms in total. The molecule has 1 aliphatic rings. The molecule has 3 N–H and O–H groups in total. The zero-order valence-corrected chi connectivity index (χ0v) is 8.30. The number of aliphatic hydroxyl groups excluding tert-OH is 2. The molecule has 1 heterocycles. The summed E-state index contributed by atoms with van der Waals surface area (Å²) in [6.45, 7) is -0.134. The minimum Gasteiger partial charge on any atom is -0.480 e. The van der Waals surface area contributed by atoms with E-state index in [1.165, 1.54) is 4.90 Å². The number of hydrogen-bond acceptors (Lipinski definition) is 4. The van der Waals surface area contributed by atoms with Crippen LogP contribution < -0.4 is 0 Å². The van der Waals surface area contributed by atoms with Gasteiger partial charge >= 0.3 is 5.97 Å². The van der Waals surface area contributed by atoms with Crippen LogP contribution in [0.2, 0.25) is 0 Å². The lowest BCUT2D eigenvalue weighted by atomic mass is 10.1. The maximum absolute atomic E-state index is 11.4. The number of hydrogen-bond donors (Lipinski definition) is 3. The fraction of sp³-hybridized carbons (Fsp3) is 0.778. The van der Waals surface area contributed by atoms with Crippen molar-refractivity contribution in [2.45, 2.75) is 18.9 Å². The van der Waals surface area contributed by atoms with Crippen LogP contribution in [0.15, 0.2) is 0 Å². The van der Waals surface area contributed by atoms with Gasteiger partial charge in [0.25, 0.3) is 0 Å². The molecule has 1 rings (SSSR count). The largest absolute Gasteiger partial charge is 0.480 e. The molecule has 1 fully saturated rings. The standard InChI is InChI=1S/C9H15NO5/c11-2-1-7(9(14)15)10-4-6(5-12)3-8(10)13/h6-7,11-12H,1-5H2,(H,14,15). The first kappa shape index (κ1) is 11.9. The highest BCUT2D eigenvalue weighted by Crippen LogP contribution is 2.21. The number of amides is 1. The van der Waals surface area contributed by atoms with Crippen molar-refractivity contribution in [3.05, 3.63) is 0 Å². The SMILES string of the molecule is O=C(O)C(CCO)N1CC(CO)CC1=O. The first-order valence-electron chi connectivity index (χ1n) is 4.84. The van der Waals surface area contributed by atoms with E-state index in [0.717, 1.165) is 0 Å². The van der Waals surface area contributed by atoms with Gasteiger partial charge in [-0.05, 0) is 0 Å². The smallest absolute Gasteiger partial charge is 0.326 e. The van der Waals surface area contributed by atoms with Gasteiger partial charge in [-0.2, -0.15) is 0 Å². The molecule has 0 bridgehead atoms. The molecule has 0 aliphatic carbocycles. The molecule has 86 valence electrons. The van der Waals surface area contributed by atoms with E-state index in [0.29, 0.717) is 0 Å². The van der Waals surface area contributed by atoms with E-state index in [1.807, 2.05) is 0 Å². The molecule has 2 unspecified atom stereocenters. The fourth-order valence-corrected chi connectivity index (χ4v) is 1.77. The van der Waals surface area contributed by atoms with Crippen molar-refractivity contribution in [3.8, 4) is 0 Å². The second kappa shape index (κ2) is 5.09. The number of aliphatic hydroxyl groups is 2. The quantitative estimate of drug-likeness (QED) is 0.529. The second-order valence-corrected chi connectivity index (χ2v) is 3.67. The van der Waals surface area contributed by atoms with Crippen molar-refractivity contribution in [2.24, 2.45) is 5.92 Å². The molecule has 1 aliphatic heterocycles. The zero-order valence-electron chi connectivity index (χ0n) is 8.30. The van der Waals surface area contributed by atoms with Crippen molar-refractivity contribution < 1.29 is 24.9 Å². The highest BCUT2D eigenvalue weighted by Gasteiger charge is 2.36. The summed E-state index contributed by atoms with van der Waals surface area (Å²) >= 11 is 0. The van der Waals surface area contributed by atoms with Crippen LogP contribution in [0, 0.1) is 5.92 Å². The Morgan fingerprint density at radius 3 is 2.60 bits per heavy atom. The van der Waals surface area contributed by atoms with Gasteiger partial charge in [-0.25, -0.2) is 4.79 Å². The molecule has 0 aromatic rings. The number of carbonyl (C=O) groups is 2. The Hall–Kier alpha value is -1.14. The summed E-state index contributed by atoms with van der Waals surface area (Å²) in [5, 5.41) is 26.5. The number of nitrogens with zero attached hydrogens (tertiary/aromatic N) is 1. The predicted molar refractivity (Wildman–Crippen MR) is 50.0 cm³/mol. The zero-order chi connectivity index (χ0) is 11.4. The van der Waals surface area contributed by atoms with Crippen molar-refractivity contribution in [3.63, 3.8) is 0 Å². The third-order valence-corrected chi connectivity index (χ3v) is 2.56. The summed E-state index contributed by atoms with van der Waals surface area (Å²) in [5.41, 5.74) is 0. The average Bonchev–Trinajstić information content (AvgIpc) is 2.55. The van der Waals surface area contributed by atoms with Crippen LogP contribution in [0.25, 0.3) is 0 Å². The van der Waals surface area contributed by atoms with E-state index in [2.05, 4.69) is 0 Å². The van der Waals surface area contributed by atoms with E-state index in [1.54, 1.807) is 0 Å². The number of carboxylic acids is 1. The van der Waals surface area contributed by atoms with Crippen LogP contribution in [-0.4, -0.2) is 57.9 Å². The van der Waals surface area contributed by atoms with Crippen molar-refractivity contribution in [1.82, 2.24) is 4.90 Å². The topological polar surface area (TPSA) is 98.1 Å². The van der Waals surface area contributed by atoms with Crippen molar-refractivity contribution in [2.75, 3.05) is 19.8 Å². The highest BCUT2D eigenvalue weighted by molar-refractivity contribution is 5.85. The molecule has 0 aromatic heterocycles. The van der Waals surface area contributed by atoms with Gasteiger partial charge < -0.3 is 20.2 Å².